The van der Waals surface area contributed by atoms with Gasteiger partial charge >= 0.3 is 0 Å². The van der Waals surface area contributed by atoms with Crippen LogP contribution in [0.15, 0.2) is 30.3 Å². The zero-order valence-corrected chi connectivity index (χ0v) is 18.5. The second kappa shape index (κ2) is 7.98. The number of nitrogens with zero attached hydrogens (tertiary/aromatic N) is 1. The van der Waals surface area contributed by atoms with E-state index in [9.17, 15) is 0 Å². The molecule has 2 bridgehead atoms. The molecule has 5 atom stereocenters. The van der Waals surface area contributed by atoms with Crippen molar-refractivity contribution in [1.29, 1.82) is 0 Å². The van der Waals surface area contributed by atoms with Crippen molar-refractivity contribution in [2.24, 2.45) is 23.2 Å². The maximum Gasteiger partial charge on any atom is 0.158 e. The van der Waals surface area contributed by atoms with Gasteiger partial charge in [-0.1, -0.05) is 44.2 Å². The van der Waals surface area contributed by atoms with Gasteiger partial charge in [0.15, 0.2) is 6.29 Å². The summed E-state index contributed by atoms with van der Waals surface area (Å²) in [4.78, 5) is 0. The quantitative estimate of drug-likeness (QED) is 0.598. The fraction of sp³-hybridized carbons (Fsp3) is 0.769. The van der Waals surface area contributed by atoms with Gasteiger partial charge in [-0.25, -0.2) is 0 Å². The Bertz CT molecular complexity index is 681. The normalized spacial score (nSPS) is 37.8. The number of likely N-dealkylation sites (tertiary alicyclic amines) is 1. The molecule has 2 saturated carbocycles. The van der Waals surface area contributed by atoms with E-state index in [1.807, 2.05) is 0 Å². The van der Waals surface area contributed by atoms with Crippen molar-refractivity contribution in [3.05, 3.63) is 35.9 Å². The molecule has 0 spiro atoms. The molecular weight excluding hydrogens is 358 g/mol. The number of hydrogen-bond donors (Lipinski definition) is 0. The van der Waals surface area contributed by atoms with Gasteiger partial charge in [-0.2, -0.15) is 0 Å². The number of hydrogen-bond acceptors (Lipinski definition) is 2. The van der Waals surface area contributed by atoms with Crippen LogP contribution in [0.2, 0.25) is 0 Å². The minimum absolute atomic E-state index is 0.0326. The maximum atomic E-state index is 6.55. The lowest BCUT2D eigenvalue weighted by Gasteiger charge is -2.43. The molecule has 5 rings (SSSR count). The second-order valence-corrected chi connectivity index (χ2v) is 11.1. The summed E-state index contributed by atoms with van der Waals surface area (Å²) in [6.07, 6.45) is 9.84. The van der Waals surface area contributed by atoms with Gasteiger partial charge in [-0.15, -0.1) is 0 Å². The van der Waals surface area contributed by atoms with Crippen molar-refractivity contribution < 1.29 is 14.0 Å². The first-order valence-corrected chi connectivity index (χ1v) is 12.2. The van der Waals surface area contributed by atoms with E-state index < -0.39 is 0 Å². The Balaban J connectivity index is 1.21. The Kier molecular flexibility index (Phi) is 5.51. The molecule has 4 aliphatic rings. The largest absolute Gasteiger partial charge is 0.350 e. The molecule has 1 aromatic rings. The summed E-state index contributed by atoms with van der Waals surface area (Å²) < 4.78 is 14.0. The van der Waals surface area contributed by atoms with Crippen molar-refractivity contribution >= 4 is 0 Å². The van der Waals surface area contributed by atoms with E-state index in [1.54, 1.807) is 0 Å². The zero-order chi connectivity index (χ0) is 19.9. The summed E-state index contributed by atoms with van der Waals surface area (Å²) in [5.74, 6) is 2.63. The molecule has 3 nitrogen and oxygen atoms in total. The first-order chi connectivity index (χ1) is 14.0. The van der Waals surface area contributed by atoms with Crippen LogP contribution in [0.25, 0.3) is 0 Å². The first kappa shape index (κ1) is 20.0. The predicted octanol–water partition coefficient (Wildman–Crippen LogP) is 5.39. The lowest BCUT2D eigenvalue weighted by atomic mass is 9.67. The highest BCUT2D eigenvalue weighted by Crippen LogP contribution is 2.60. The van der Waals surface area contributed by atoms with E-state index in [0.29, 0.717) is 5.41 Å². The van der Waals surface area contributed by atoms with Crippen LogP contribution >= 0.6 is 0 Å². The van der Waals surface area contributed by atoms with Gasteiger partial charge in [-0.3, -0.25) is 0 Å². The van der Waals surface area contributed by atoms with E-state index in [2.05, 4.69) is 44.2 Å². The molecule has 3 heteroatoms. The summed E-state index contributed by atoms with van der Waals surface area (Å²) >= 11 is 0. The Morgan fingerprint density at radius 2 is 1.83 bits per heavy atom. The molecular formula is C26H40NO2+. The number of quaternary nitrogens is 1. The van der Waals surface area contributed by atoms with Crippen LogP contribution in [-0.2, 0) is 16.0 Å². The van der Waals surface area contributed by atoms with Crippen LogP contribution in [0.4, 0.5) is 0 Å². The summed E-state index contributed by atoms with van der Waals surface area (Å²) in [5, 5.41) is 0. The van der Waals surface area contributed by atoms with Gasteiger partial charge in [0.25, 0.3) is 0 Å². The Morgan fingerprint density at radius 1 is 1.03 bits per heavy atom. The van der Waals surface area contributed by atoms with Gasteiger partial charge in [0.05, 0.1) is 19.7 Å². The lowest BCUT2D eigenvalue weighted by molar-refractivity contribution is -0.947. The Labute approximate surface area is 177 Å². The average Bonchev–Trinajstić information content (AvgIpc) is 3.41. The third kappa shape index (κ3) is 4.03. The smallest absolute Gasteiger partial charge is 0.158 e. The summed E-state index contributed by atoms with van der Waals surface area (Å²) in [6.45, 7) is 10.6. The maximum absolute atomic E-state index is 6.55. The van der Waals surface area contributed by atoms with E-state index in [0.717, 1.165) is 43.9 Å². The van der Waals surface area contributed by atoms with E-state index in [-0.39, 0.29) is 12.4 Å². The lowest BCUT2D eigenvalue weighted by Crippen LogP contribution is -2.54. The van der Waals surface area contributed by atoms with Crippen LogP contribution in [0.1, 0.15) is 64.4 Å². The van der Waals surface area contributed by atoms with Gasteiger partial charge in [0.1, 0.15) is 19.2 Å². The third-order valence-electron chi connectivity index (χ3n) is 9.03. The number of fused-ring (bicyclic) bond motifs is 2. The van der Waals surface area contributed by atoms with Crippen molar-refractivity contribution in [2.45, 2.75) is 77.7 Å². The molecule has 0 radical (unpaired) electrons. The number of piperidine rings is 1. The molecule has 4 fully saturated rings. The molecule has 160 valence electrons. The van der Waals surface area contributed by atoms with Crippen molar-refractivity contribution in [3.63, 3.8) is 0 Å². The van der Waals surface area contributed by atoms with Crippen molar-refractivity contribution in [1.82, 2.24) is 0 Å². The average molecular weight is 399 g/mol. The Morgan fingerprint density at radius 3 is 2.55 bits per heavy atom. The third-order valence-corrected chi connectivity index (χ3v) is 9.03. The van der Waals surface area contributed by atoms with Crippen LogP contribution < -0.4 is 0 Å². The van der Waals surface area contributed by atoms with Crippen LogP contribution in [0, 0.1) is 23.2 Å². The molecule has 2 saturated heterocycles. The first-order valence-electron chi connectivity index (χ1n) is 12.2. The van der Waals surface area contributed by atoms with Gasteiger partial charge < -0.3 is 14.0 Å². The minimum atomic E-state index is 0.0326. The SMILES string of the molecule is CC1(C)[C@@H]2CC[C@H](C2)[C@@H]1C[C@@H]1OC[C@H](C[N+]2(Cc3ccccc3)CCCCC2)O1. The molecule has 0 unspecified atom stereocenters. The predicted molar refractivity (Wildman–Crippen MR) is 116 cm³/mol. The molecule has 0 aromatic heterocycles. The van der Waals surface area contributed by atoms with Crippen molar-refractivity contribution in [2.75, 3.05) is 26.2 Å². The van der Waals surface area contributed by atoms with E-state index >= 15 is 0 Å². The van der Waals surface area contributed by atoms with E-state index in [4.69, 9.17) is 9.47 Å². The standard InChI is InChI=1S/C26H40NO2/c1-26(2)22-12-11-21(15-22)24(26)16-25-28-19-23(29-25)18-27(13-7-4-8-14-27)17-20-9-5-3-6-10-20/h3,5-6,9-10,21-25H,4,7-8,11-19H2,1-2H3/q+1/t21-,22-,23+,24+,25-/m1/s1. The van der Waals surface area contributed by atoms with E-state index in [1.165, 1.54) is 61.7 Å². The van der Waals surface area contributed by atoms with Gasteiger partial charge in [0.2, 0.25) is 0 Å². The topological polar surface area (TPSA) is 18.5 Å². The molecule has 2 aliphatic carbocycles. The highest BCUT2D eigenvalue weighted by atomic mass is 16.7. The molecule has 1 aromatic carbocycles. The molecule has 0 N–H and O–H groups in total. The monoisotopic (exact) mass is 398 g/mol. The molecule has 29 heavy (non-hydrogen) atoms. The number of benzene rings is 1. The zero-order valence-electron chi connectivity index (χ0n) is 18.5. The van der Waals surface area contributed by atoms with Crippen LogP contribution in [0.3, 0.4) is 0 Å². The molecule has 2 heterocycles. The summed E-state index contributed by atoms with van der Waals surface area (Å²) in [5.41, 5.74) is 1.94. The van der Waals surface area contributed by atoms with Crippen LogP contribution in [-0.4, -0.2) is 43.1 Å². The minimum Gasteiger partial charge on any atom is -0.350 e. The molecule has 2 aliphatic heterocycles. The number of ether oxygens (including phenoxy) is 2. The van der Waals surface area contributed by atoms with Gasteiger partial charge in [0, 0.05) is 12.0 Å². The second-order valence-electron chi connectivity index (χ2n) is 11.1. The molecule has 0 amide bonds. The van der Waals surface area contributed by atoms with Gasteiger partial charge in [-0.05, 0) is 61.7 Å². The number of rotatable bonds is 6. The summed E-state index contributed by atoms with van der Waals surface area (Å²) in [6, 6.07) is 11.1. The highest BCUT2D eigenvalue weighted by Gasteiger charge is 2.53. The highest BCUT2D eigenvalue weighted by molar-refractivity contribution is 5.13. The van der Waals surface area contributed by atoms with Crippen molar-refractivity contribution in [3.8, 4) is 0 Å². The fourth-order valence-electron chi connectivity index (χ4n) is 7.39. The summed E-state index contributed by atoms with van der Waals surface area (Å²) in [7, 11) is 0. The fourth-order valence-corrected chi connectivity index (χ4v) is 7.39. The van der Waals surface area contributed by atoms with Crippen LogP contribution in [0.5, 0.6) is 0 Å². The Hall–Kier alpha value is -0.900.